The van der Waals surface area contributed by atoms with Crippen molar-refractivity contribution in [2.45, 2.75) is 62.9 Å². The van der Waals surface area contributed by atoms with E-state index in [2.05, 4.69) is 44.9 Å². The van der Waals surface area contributed by atoms with Gasteiger partial charge in [0.05, 0.1) is 0 Å². The van der Waals surface area contributed by atoms with Gasteiger partial charge < -0.3 is 15.6 Å². The van der Waals surface area contributed by atoms with Crippen molar-refractivity contribution in [3.8, 4) is 0 Å². The van der Waals surface area contributed by atoms with Crippen LogP contribution in [0.15, 0.2) is 39.9 Å². The number of carbonyl (C=O) groups excluding carboxylic acids is 1. The number of carbonyl (C=O) groups is 1. The lowest BCUT2D eigenvalue weighted by Crippen LogP contribution is -2.41. The van der Waals surface area contributed by atoms with Gasteiger partial charge in [-0.3, -0.25) is 14.6 Å². The number of hydrogen-bond acceptors (Lipinski definition) is 4. The van der Waals surface area contributed by atoms with Crippen LogP contribution in [0.3, 0.4) is 0 Å². The highest BCUT2D eigenvalue weighted by atomic mass is 16.2. The molecule has 0 saturated heterocycles. The molecular formula is C21H26N4O3. The van der Waals surface area contributed by atoms with E-state index in [0.29, 0.717) is 5.92 Å². The highest BCUT2D eigenvalue weighted by Gasteiger charge is 2.27. The lowest BCUT2D eigenvalue weighted by molar-refractivity contribution is 0.0921. The van der Waals surface area contributed by atoms with Crippen LogP contribution >= 0.6 is 0 Å². The third-order valence-corrected chi connectivity index (χ3v) is 5.96. The van der Waals surface area contributed by atoms with Crippen LogP contribution in [0.4, 0.5) is 5.69 Å². The van der Waals surface area contributed by atoms with E-state index >= 15 is 0 Å². The number of anilines is 1. The summed E-state index contributed by atoms with van der Waals surface area (Å²) in [6.07, 6.45) is 6.80. The Bertz CT molecular complexity index is 938. The fourth-order valence-corrected chi connectivity index (χ4v) is 4.11. The molecule has 0 bridgehead atoms. The molecule has 0 aliphatic heterocycles. The third kappa shape index (κ3) is 4.03. The summed E-state index contributed by atoms with van der Waals surface area (Å²) in [6.45, 7) is 0. The highest BCUT2D eigenvalue weighted by molar-refractivity contribution is 5.97. The Morgan fingerprint density at radius 3 is 2.25 bits per heavy atom. The molecule has 0 spiro atoms. The van der Waals surface area contributed by atoms with E-state index in [1.54, 1.807) is 0 Å². The van der Waals surface area contributed by atoms with Gasteiger partial charge in [0.2, 0.25) is 0 Å². The number of aromatic amines is 2. The summed E-state index contributed by atoms with van der Waals surface area (Å²) in [5, 5.41) is 6.12. The third-order valence-electron chi connectivity index (χ3n) is 5.96. The first-order valence-electron chi connectivity index (χ1n) is 10.1. The summed E-state index contributed by atoms with van der Waals surface area (Å²) in [5.74, 6) is 0.123. The molecule has 4 N–H and O–H groups in total. The van der Waals surface area contributed by atoms with Crippen LogP contribution in [-0.2, 0) is 0 Å². The van der Waals surface area contributed by atoms with Crippen molar-refractivity contribution in [1.82, 2.24) is 15.3 Å². The van der Waals surface area contributed by atoms with Gasteiger partial charge in [-0.15, -0.1) is 0 Å². The average molecular weight is 382 g/mol. The monoisotopic (exact) mass is 382 g/mol. The Morgan fingerprint density at radius 1 is 0.893 bits per heavy atom. The Kier molecular flexibility index (Phi) is 5.32. The van der Waals surface area contributed by atoms with E-state index in [1.807, 2.05) is 6.07 Å². The average Bonchev–Trinajstić information content (AvgIpc) is 2.66. The number of nitrogens with one attached hydrogen (secondary N) is 4. The Balaban J connectivity index is 1.43. The number of benzene rings is 1. The molecule has 2 aliphatic carbocycles. The zero-order valence-corrected chi connectivity index (χ0v) is 15.8. The standard InChI is InChI=1S/C21H26N4O3/c26-19(18-17(22-15-7-4-8-15)20(27)25-21(28)24-18)23-16-11-9-14(10-12-16)13-5-2-1-3-6-13/h1-3,5-6,14-16,22H,4,7-12H2,(H,23,26)(H2,24,25,27,28)/t14-,16+. The second-order valence-electron chi connectivity index (χ2n) is 7.86. The van der Waals surface area contributed by atoms with Crippen LogP contribution in [0.25, 0.3) is 0 Å². The number of aromatic nitrogens is 2. The van der Waals surface area contributed by atoms with Gasteiger partial charge in [-0.25, -0.2) is 4.79 Å². The first-order chi connectivity index (χ1) is 13.6. The van der Waals surface area contributed by atoms with E-state index in [1.165, 1.54) is 5.56 Å². The maximum atomic E-state index is 12.8. The molecule has 1 aromatic heterocycles. The molecule has 7 nitrogen and oxygen atoms in total. The van der Waals surface area contributed by atoms with Crippen molar-refractivity contribution in [3.05, 3.63) is 62.4 Å². The maximum Gasteiger partial charge on any atom is 0.326 e. The molecule has 1 amide bonds. The highest BCUT2D eigenvalue weighted by Crippen LogP contribution is 2.32. The molecule has 2 aliphatic rings. The van der Waals surface area contributed by atoms with Crippen LogP contribution < -0.4 is 21.9 Å². The quantitative estimate of drug-likeness (QED) is 0.637. The van der Waals surface area contributed by atoms with Crippen molar-refractivity contribution in [2.75, 3.05) is 5.32 Å². The fourth-order valence-electron chi connectivity index (χ4n) is 4.11. The van der Waals surface area contributed by atoms with Gasteiger partial charge in [0.25, 0.3) is 11.5 Å². The lowest BCUT2D eigenvalue weighted by Gasteiger charge is -2.30. The Hall–Kier alpha value is -2.83. The lowest BCUT2D eigenvalue weighted by atomic mass is 9.82. The molecule has 148 valence electrons. The molecular weight excluding hydrogens is 356 g/mol. The molecule has 2 saturated carbocycles. The van der Waals surface area contributed by atoms with Gasteiger partial charge in [-0.2, -0.15) is 0 Å². The Morgan fingerprint density at radius 2 is 1.61 bits per heavy atom. The van der Waals surface area contributed by atoms with Crippen LogP contribution in [0, 0.1) is 0 Å². The first-order valence-corrected chi connectivity index (χ1v) is 10.1. The van der Waals surface area contributed by atoms with Gasteiger partial charge in [0, 0.05) is 12.1 Å². The van der Waals surface area contributed by atoms with Crippen molar-refractivity contribution in [1.29, 1.82) is 0 Å². The molecule has 4 rings (SSSR count). The zero-order valence-electron chi connectivity index (χ0n) is 15.8. The molecule has 2 aromatic rings. The number of amides is 1. The van der Waals surface area contributed by atoms with Crippen LogP contribution in [0.5, 0.6) is 0 Å². The predicted molar refractivity (Wildman–Crippen MR) is 108 cm³/mol. The van der Waals surface area contributed by atoms with Crippen LogP contribution in [0.1, 0.15) is 66.9 Å². The van der Waals surface area contributed by atoms with Gasteiger partial charge in [-0.05, 0) is 56.4 Å². The second kappa shape index (κ2) is 8.04. The molecule has 1 heterocycles. The fraction of sp³-hybridized carbons (Fsp3) is 0.476. The number of H-pyrrole nitrogens is 2. The summed E-state index contributed by atoms with van der Waals surface area (Å²) >= 11 is 0. The minimum atomic E-state index is -0.665. The van der Waals surface area contributed by atoms with Crippen molar-refractivity contribution in [2.24, 2.45) is 0 Å². The van der Waals surface area contributed by atoms with Crippen LogP contribution in [0.2, 0.25) is 0 Å². The predicted octanol–water partition coefficient (Wildman–Crippen LogP) is 2.48. The van der Waals surface area contributed by atoms with Crippen molar-refractivity contribution >= 4 is 11.6 Å². The molecule has 7 heteroatoms. The summed E-state index contributed by atoms with van der Waals surface area (Å²) in [7, 11) is 0. The van der Waals surface area contributed by atoms with E-state index in [-0.39, 0.29) is 23.5 Å². The largest absolute Gasteiger partial charge is 0.376 e. The molecule has 2 fully saturated rings. The van der Waals surface area contributed by atoms with Crippen molar-refractivity contribution < 1.29 is 4.79 Å². The smallest absolute Gasteiger partial charge is 0.326 e. The summed E-state index contributed by atoms with van der Waals surface area (Å²) < 4.78 is 0. The van der Waals surface area contributed by atoms with Gasteiger partial charge in [-0.1, -0.05) is 30.3 Å². The minimum Gasteiger partial charge on any atom is -0.376 e. The van der Waals surface area contributed by atoms with E-state index in [0.717, 1.165) is 44.9 Å². The van der Waals surface area contributed by atoms with Gasteiger partial charge >= 0.3 is 5.69 Å². The number of hydrogen-bond donors (Lipinski definition) is 4. The molecule has 0 radical (unpaired) electrons. The number of rotatable bonds is 5. The summed E-state index contributed by atoms with van der Waals surface area (Å²) in [4.78, 5) is 41.4. The van der Waals surface area contributed by atoms with Crippen molar-refractivity contribution in [3.63, 3.8) is 0 Å². The topological polar surface area (TPSA) is 107 Å². The normalized spacial score (nSPS) is 22.3. The Labute approximate surface area is 163 Å². The van der Waals surface area contributed by atoms with Gasteiger partial charge in [0.1, 0.15) is 11.4 Å². The summed E-state index contributed by atoms with van der Waals surface area (Å²) in [6, 6.07) is 10.7. The SMILES string of the molecule is O=C(N[C@H]1CC[C@@H](c2ccccc2)CC1)c1[nH]c(=O)[nH]c(=O)c1NC1CCC1. The first kappa shape index (κ1) is 18.5. The molecule has 1 aromatic carbocycles. The minimum absolute atomic E-state index is 0.0332. The van der Waals surface area contributed by atoms with E-state index in [9.17, 15) is 14.4 Å². The molecule has 28 heavy (non-hydrogen) atoms. The zero-order chi connectivity index (χ0) is 19.5. The summed E-state index contributed by atoms with van der Waals surface area (Å²) in [5.41, 5.74) is 0.333. The van der Waals surface area contributed by atoms with Gasteiger partial charge in [0.15, 0.2) is 0 Å². The molecule has 0 atom stereocenters. The van der Waals surface area contributed by atoms with Crippen LogP contribution in [-0.4, -0.2) is 28.0 Å². The van der Waals surface area contributed by atoms with E-state index < -0.39 is 17.2 Å². The second-order valence-corrected chi connectivity index (χ2v) is 7.86. The molecule has 0 unspecified atom stereocenters. The van der Waals surface area contributed by atoms with E-state index in [4.69, 9.17) is 0 Å². The maximum absolute atomic E-state index is 12.8.